The number of sulfonamides is 1. The fourth-order valence-corrected chi connectivity index (χ4v) is 4.82. The average molecular weight is 425 g/mol. The van der Waals surface area contributed by atoms with E-state index in [0.29, 0.717) is 32.4 Å². The first-order chi connectivity index (χ1) is 13.9. The van der Waals surface area contributed by atoms with Gasteiger partial charge in [0.1, 0.15) is 4.90 Å². The Bertz CT molecular complexity index is 756. The number of pyridine rings is 1. The van der Waals surface area contributed by atoms with E-state index in [-0.39, 0.29) is 29.8 Å². The fourth-order valence-electron chi connectivity index (χ4n) is 3.43. The van der Waals surface area contributed by atoms with Gasteiger partial charge in [-0.3, -0.25) is 14.6 Å². The third kappa shape index (κ3) is 6.50. The van der Waals surface area contributed by atoms with Crippen molar-refractivity contribution in [2.75, 3.05) is 39.3 Å². The van der Waals surface area contributed by atoms with Crippen LogP contribution in [0.4, 0.5) is 0 Å². The van der Waals surface area contributed by atoms with Crippen LogP contribution in [0.15, 0.2) is 29.4 Å². The minimum atomic E-state index is -3.58. The van der Waals surface area contributed by atoms with E-state index in [1.807, 2.05) is 18.7 Å². The van der Waals surface area contributed by atoms with E-state index in [1.165, 1.54) is 22.8 Å². The molecule has 0 atom stereocenters. The lowest BCUT2D eigenvalue weighted by Crippen LogP contribution is -2.50. The van der Waals surface area contributed by atoms with Gasteiger partial charge in [-0.05, 0) is 31.4 Å². The van der Waals surface area contributed by atoms with Crippen LogP contribution in [0.1, 0.15) is 46.0 Å². The summed E-state index contributed by atoms with van der Waals surface area (Å²) in [6.45, 7) is 6.88. The Balaban J connectivity index is 1.78. The van der Waals surface area contributed by atoms with Crippen LogP contribution in [0.25, 0.3) is 0 Å². The smallest absolute Gasteiger partial charge is 0.244 e. The van der Waals surface area contributed by atoms with Gasteiger partial charge in [-0.15, -0.1) is 0 Å². The van der Waals surface area contributed by atoms with E-state index >= 15 is 0 Å². The summed E-state index contributed by atoms with van der Waals surface area (Å²) in [4.78, 5) is 32.3. The lowest BCUT2D eigenvalue weighted by Gasteiger charge is -2.34. The van der Waals surface area contributed by atoms with E-state index in [2.05, 4.69) is 4.98 Å². The molecule has 1 aromatic heterocycles. The van der Waals surface area contributed by atoms with Crippen LogP contribution in [0.5, 0.6) is 0 Å². The summed E-state index contributed by atoms with van der Waals surface area (Å²) in [6, 6.07) is 3.12. The number of amides is 2. The summed E-state index contributed by atoms with van der Waals surface area (Å²) in [5.41, 5.74) is 0. The number of rotatable bonds is 10. The van der Waals surface area contributed by atoms with Crippen molar-refractivity contribution in [3.63, 3.8) is 0 Å². The summed E-state index contributed by atoms with van der Waals surface area (Å²) in [5.74, 6) is 0.0858. The molecule has 1 aliphatic heterocycles. The van der Waals surface area contributed by atoms with Gasteiger partial charge in [0.2, 0.25) is 21.8 Å². The van der Waals surface area contributed by atoms with Crippen molar-refractivity contribution in [2.24, 2.45) is 0 Å². The lowest BCUT2D eigenvalue weighted by atomic mass is 10.2. The molecule has 0 aromatic carbocycles. The highest BCUT2D eigenvalue weighted by molar-refractivity contribution is 7.89. The Morgan fingerprint density at radius 2 is 1.72 bits per heavy atom. The molecule has 0 radical (unpaired) electrons. The van der Waals surface area contributed by atoms with Crippen molar-refractivity contribution in [2.45, 2.75) is 50.8 Å². The molecular weight excluding hydrogens is 392 g/mol. The predicted octanol–water partition coefficient (Wildman–Crippen LogP) is 1.73. The molecule has 8 nitrogen and oxygen atoms in total. The van der Waals surface area contributed by atoms with E-state index in [9.17, 15) is 18.0 Å². The summed E-state index contributed by atoms with van der Waals surface area (Å²) in [5, 5.41) is 0. The first-order valence-electron chi connectivity index (χ1n) is 10.4. The topological polar surface area (TPSA) is 90.9 Å². The second-order valence-electron chi connectivity index (χ2n) is 7.21. The highest BCUT2D eigenvalue weighted by atomic mass is 32.2. The SMILES string of the molecule is CCCN(CCC)C(=O)CCCC(=O)N1CCN(S(=O)(=O)c2cccnc2)CC1. The minimum Gasteiger partial charge on any atom is -0.343 e. The number of piperazine rings is 1. The highest BCUT2D eigenvalue weighted by Crippen LogP contribution is 2.17. The third-order valence-corrected chi connectivity index (χ3v) is 6.87. The molecule has 0 spiro atoms. The molecule has 2 heterocycles. The van der Waals surface area contributed by atoms with Gasteiger partial charge in [0.25, 0.3) is 0 Å². The number of nitrogens with zero attached hydrogens (tertiary/aromatic N) is 4. The minimum absolute atomic E-state index is 0.0197. The van der Waals surface area contributed by atoms with Crippen molar-refractivity contribution < 1.29 is 18.0 Å². The molecule has 162 valence electrons. The van der Waals surface area contributed by atoms with Gasteiger partial charge in [0.05, 0.1) is 0 Å². The van der Waals surface area contributed by atoms with Crippen LogP contribution in [0, 0.1) is 0 Å². The van der Waals surface area contributed by atoms with Crippen LogP contribution in [0.3, 0.4) is 0 Å². The van der Waals surface area contributed by atoms with Crippen molar-refractivity contribution in [1.82, 2.24) is 19.1 Å². The lowest BCUT2D eigenvalue weighted by molar-refractivity contribution is -0.133. The maximum absolute atomic E-state index is 12.6. The van der Waals surface area contributed by atoms with E-state index < -0.39 is 10.0 Å². The first-order valence-corrected chi connectivity index (χ1v) is 11.8. The molecule has 29 heavy (non-hydrogen) atoms. The monoisotopic (exact) mass is 424 g/mol. The van der Waals surface area contributed by atoms with Gasteiger partial charge < -0.3 is 9.80 Å². The molecule has 0 saturated carbocycles. The zero-order chi connectivity index (χ0) is 21.3. The molecule has 9 heteroatoms. The Morgan fingerprint density at radius 3 is 2.28 bits per heavy atom. The van der Waals surface area contributed by atoms with Crippen molar-refractivity contribution in [1.29, 1.82) is 0 Å². The van der Waals surface area contributed by atoms with Gasteiger partial charge in [0.15, 0.2) is 0 Å². The zero-order valence-electron chi connectivity index (χ0n) is 17.4. The van der Waals surface area contributed by atoms with E-state index in [1.54, 1.807) is 11.0 Å². The molecule has 0 bridgehead atoms. The average Bonchev–Trinajstić information content (AvgIpc) is 2.74. The van der Waals surface area contributed by atoms with Gasteiger partial charge in [0, 0.05) is 64.5 Å². The van der Waals surface area contributed by atoms with Gasteiger partial charge >= 0.3 is 0 Å². The number of carbonyl (C=O) groups excluding carboxylic acids is 2. The third-order valence-electron chi connectivity index (χ3n) is 4.98. The standard InChI is InChI=1S/C20H32N4O4S/c1-3-11-22(12-4-2)19(25)8-5-9-20(26)23-13-15-24(16-14-23)29(27,28)18-7-6-10-21-17-18/h6-7,10,17H,3-5,8-9,11-16H2,1-2H3. The fraction of sp³-hybridized carbons (Fsp3) is 0.650. The molecule has 0 N–H and O–H groups in total. The largest absolute Gasteiger partial charge is 0.343 e. The number of aromatic nitrogens is 1. The Morgan fingerprint density at radius 1 is 1.07 bits per heavy atom. The van der Waals surface area contributed by atoms with Gasteiger partial charge in [-0.2, -0.15) is 4.31 Å². The first kappa shape index (κ1) is 23.3. The number of hydrogen-bond donors (Lipinski definition) is 0. The van der Waals surface area contributed by atoms with Gasteiger partial charge in [-0.25, -0.2) is 8.42 Å². The molecule has 1 saturated heterocycles. The summed E-state index contributed by atoms with van der Waals surface area (Å²) in [7, 11) is -3.58. The number of hydrogen-bond acceptors (Lipinski definition) is 5. The van der Waals surface area contributed by atoms with Crippen LogP contribution < -0.4 is 0 Å². The quantitative estimate of drug-likeness (QED) is 0.571. The summed E-state index contributed by atoms with van der Waals surface area (Å²) >= 11 is 0. The molecular formula is C20H32N4O4S. The molecule has 0 unspecified atom stereocenters. The van der Waals surface area contributed by atoms with Crippen LogP contribution in [0.2, 0.25) is 0 Å². The van der Waals surface area contributed by atoms with Crippen LogP contribution in [-0.2, 0) is 19.6 Å². The van der Waals surface area contributed by atoms with Gasteiger partial charge in [-0.1, -0.05) is 13.8 Å². The molecule has 1 aromatic rings. The maximum atomic E-state index is 12.6. The zero-order valence-corrected chi connectivity index (χ0v) is 18.2. The van der Waals surface area contributed by atoms with Crippen molar-refractivity contribution in [3.05, 3.63) is 24.5 Å². The van der Waals surface area contributed by atoms with Crippen LogP contribution in [-0.4, -0.2) is 78.6 Å². The molecule has 0 aliphatic carbocycles. The maximum Gasteiger partial charge on any atom is 0.244 e. The summed E-state index contributed by atoms with van der Waals surface area (Å²) in [6.07, 6.45) is 5.94. The van der Waals surface area contributed by atoms with Crippen LogP contribution >= 0.6 is 0 Å². The Hall–Kier alpha value is -2.00. The number of carbonyl (C=O) groups is 2. The molecule has 1 fully saturated rings. The van der Waals surface area contributed by atoms with E-state index in [4.69, 9.17) is 0 Å². The Labute approximate surface area is 173 Å². The van der Waals surface area contributed by atoms with Crippen molar-refractivity contribution >= 4 is 21.8 Å². The van der Waals surface area contributed by atoms with Crippen molar-refractivity contribution in [3.8, 4) is 0 Å². The molecule has 2 amide bonds. The normalized spacial score (nSPS) is 15.3. The summed E-state index contributed by atoms with van der Waals surface area (Å²) < 4.78 is 26.6. The molecule has 1 aliphatic rings. The highest BCUT2D eigenvalue weighted by Gasteiger charge is 2.30. The second kappa shape index (κ2) is 11.3. The second-order valence-corrected chi connectivity index (χ2v) is 9.15. The van der Waals surface area contributed by atoms with E-state index in [0.717, 1.165) is 25.9 Å². The predicted molar refractivity (Wildman–Crippen MR) is 111 cm³/mol. The Kier molecular flexibility index (Phi) is 9.03. The molecule has 2 rings (SSSR count).